The predicted octanol–water partition coefficient (Wildman–Crippen LogP) is 0.553. The first-order chi connectivity index (χ1) is 6.25. The van der Waals surface area contributed by atoms with E-state index in [1.54, 1.807) is 17.1 Å². The predicted molar refractivity (Wildman–Crippen MR) is 48.3 cm³/mol. The van der Waals surface area contributed by atoms with Gasteiger partial charge in [0.1, 0.15) is 0 Å². The van der Waals surface area contributed by atoms with E-state index in [9.17, 15) is 0 Å². The van der Waals surface area contributed by atoms with Crippen LogP contribution < -0.4 is 5.73 Å². The van der Waals surface area contributed by atoms with Crippen molar-refractivity contribution in [3.8, 4) is 5.82 Å². The van der Waals surface area contributed by atoms with E-state index in [0.717, 1.165) is 5.69 Å². The zero-order valence-electron chi connectivity index (χ0n) is 7.18. The molecule has 0 amide bonds. The number of nitrogens with two attached hydrogens (primary N) is 1. The van der Waals surface area contributed by atoms with Crippen LogP contribution in [0.5, 0.6) is 0 Å². The van der Waals surface area contributed by atoms with Gasteiger partial charge in [-0.15, -0.1) is 5.10 Å². The maximum atomic E-state index is 5.51. The summed E-state index contributed by atoms with van der Waals surface area (Å²) < 4.78 is 1.59. The van der Waals surface area contributed by atoms with E-state index >= 15 is 0 Å². The molecule has 0 spiro atoms. The van der Waals surface area contributed by atoms with Crippen molar-refractivity contribution in [2.24, 2.45) is 0 Å². The molecular formula is C8H9N5. The lowest BCUT2D eigenvalue weighted by Crippen LogP contribution is -1.99. The molecule has 0 fully saturated rings. The first-order valence-corrected chi connectivity index (χ1v) is 3.86. The molecule has 13 heavy (non-hydrogen) atoms. The minimum Gasteiger partial charge on any atom is -0.396 e. The van der Waals surface area contributed by atoms with Crippen LogP contribution in [0.4, 0.5) is 5.69 Å². The zero-order valence-corrected chi connectivity index (χ0v) is 7.18. The maximum Gasteiger partial charge on any atom is 0.175 e. The summed E-state index contributed by atoms with van der Waals surface area (Å²) >= 11 is 0. The molecule has 2 aromatic rings. The van der Waals surface area contributed by atoms with Gasteiger partial charge in [-0.2, -0.15) is 10.2 Å². The van der Waals surface area contributed by atoms with E-state index in [1.807, 2.05) is 19.1 Å². The summed E-state index contributed by atoms with van der Waals surface area (Å²) in [6.45, 7) is 1.88. The lowest BCUT2D eigenvalue weighted by Gasteiger charge is -1.97. The second-order valence-corrected chi connectivity index (χ2v) is 2.75. The lowest BCUT2D eigenvalue weighted by molar-refractivity contribution is 0.806. The molecule has 0 aliphatic heterocycles. The standard InChI is InChI=1S/C8H9N5/c1-6-2-3-8(12-11-6)13-5-7(9)4-10-13/h2-5H,9H2,1H3. The highest BCUT2D eigenvalue weighted by Crippen LogP contribution is 2.05. The van der Waals surface area contributed by atoms with Crippen molar-refractivity contribution in [3.63, 3.8) is 0 Å². The molecule has 2 aromatic heterocycles. The summed E-state index contributed by atoms with van der Waals surface area (Å²) in [5.74, 6) is 0.669. The summed E-state index contributed by atoms with van der Waals surface area (Å²) in [6, 6.07) is 3.72. The summed E-state index contributed by atoms with van der Waals surface area (Å²) in [5, 5.41) is 11.9. The third kappa shape index (κ3) is 1.48. The van der Waals surface area contributed by atoms with Gasteiger partial charge < -0.3 is 5.73 Å². The molecule has 0 radical (unpaired) electrons. The Kier molecular flexibility index (Phi) is 1.70. The van der Waals surface area contributed by atoms with Crippen molar-refractivity contribution >= 4 is 5.69 Å². The maximum absolute atomic E-state index is 5.51. The average molecular weight is 175 g/mol. The van der Waals surface area contributed by atoms with Crippen LogP contribution in [0, 0.1) is 6.92 Å². The summed E-state index contributed by atoms with van der Waals surface area (Å²) in [5.41, 5.74) is 7.01. The number of aryl methyl sites for hydroxylation is 1. The number of hydrogen-bond donors (Lipinski definition) is 1. The van der Waals surface area contributed by atoms with E-state index in [-0.39, 0.29) is 0 Å². The zero-order chi connectivity index (χ0) is 9.26. The molecule has 0 atom stereocenters. The van der Waals surface area contributed by atoms with E-state index in [2.05, 4.69) is 15.3 Å². The minimum atomic E-state index is 0.613. The van der Waals surface area contributed by atoms with Crippen LogP contribution in [0.3, 0.4) is 0 Å². The van der Waals surface area contributed by atoms with Gasteiger partial charge in [0.25, 0.3) is 0 Å². The molecule has 5 nitrogen and oxygen atoms in total. The molecule has 2 heterocycles. The fraction of sp³-hybridized carbons (Fsp3) is 0.125. The largest absolute Gasteiger partial charge is 0.396 e. The van der Waals surface area contributed by atoms with Gasteiger partial charge in [0.15, 0.2) is 5.82 Å². The van der Waals surface area contributed by atoms with Crippen LogP contribution in [0.1, 0.15) is 5.69 Å². The Balaban J connectivity index is 2.41. The monoisotopic (exact) mass is 175 g/mol. The second kappa shape index (κ2) is 2.85. The summed E-state index contributed by atoms with van der Waals surface area (Å²) in [7, 11) is 0. The Bertz CT molecular complexity index is 403. The molecule has 0 unspecified atom stereocenters. The van der Waals surface area contributed by atoms with Gasteiger partial charge in [-0.05, 0) is 19.1 Å². The van der Waals surface area contributed by atoms with E-state index < -0.39 is 0 Å². The van der Waals surface area contributed by atoms with Crippen LogP contribution >= 0.6 is 0 Å². The van der Waals surface area contributed by atoms with Gasteiger partial charge in [0.2, 0.25) is 0 Å². The average Bonchev–Trinajstić information content (AvgIpc) is 2.53. The number of nitrogens with zero attached hydrogens (tertiary/aromatic N) is 4. The van der Waals surface area contributed by atoms with Crippen molar-refractivity contribution in [2.45, 2.75) is 6.92 Å². The van der Waals surface area contributed by atoms with Crippen LogP contribution in [0.25, 0.3) is 5.82 Å². The summed E-state index contributed by atoms with van der Waals surface area (Å²) in [4.78, 5) is 0. The fourth-order valence-corrected chi connectivity index (χ4v) is 0.976. The molecule has 66 valence electrons. The van der Waals surface area contributed by atoms with Gasteiger partial charge in [-0.3, -0.25) is 0 Å². The molecular weight excluding hydrogens is 166 g/mol. The van der Waals surface area contributed by atoms with Crippen molar-refractivity contribution < 1.29 is 0 Å². The van der Waals surface area contributed by atoms with E-state index in [1.165, 1.54) is 0 Å². The Morgan fingerprint density at radius 1 is 1.31 bits per heavy atom. The smallest absolute Gasteiger partial charge is 0.175 e. The molecule has 0 saturated carbocycles. The highest BCUT2D eigenvalue weighted by Gasteiger charge is 1.99. The lowest BCUT2D eigenvalue weighted by atomic mass is 10.4. The second-order valence-electron chi connectivity index (χ2n) is 2.75. The van der Waals surface area contributed by atoms with Gasteiger partial charge in [-0.25, -0.2) is 4.68 Å². The Morgan fingerprint density at radius 3 is 2.69 bits per heavy atom. The van der Waals surface area contributed by atoms with Crippen LogP contribution in [-0.2, 0) is 0 Å². The molecule has 0 aliphatic rings. The Hall–Kier alpha value is -1.91. The molecule has 0 bridgehead atoms. The van der Waals surface area contributed by atoms with Gasteiger partial charge in [-0.1, -0.05) is 0 Å². The Labute approximate surface area is 75.2 Å². The van der Waals surface area contributed by atoms with Crippen LogP contribution in [-0.4, -0.2) is 20.0 Å². The number of hydrogen-bond acceptors (Lipinski definition) is 4. The van der Waals surface area contributed by atoms with Crippen LogP contribution in [0.2, 0.25) is 0 Å². The molecule has 0 aliphatic carbocycles. The Morgan fingerprint density at radius 2 is 2.15 bits per heavy atom. The number of aromatic nitrogens is 4. The van der Waals surface area contributed by atoms with E-state index in [4.69, 9.17) is 5.73 Å². The van der Waals surface area contributed by atoms with Crippen molar-refractivity contribution in [2.75, 3.05) is 5.73 Å². The molecule has 2 N–H and O–H groups in total. The molecule has 2 rings (SSSR count). The summed E-state index contributed by atoms with van der Waals surface area (Å²) in [6.07, 6.45) is 3.26. The highest BCUT2D eigenvalue weighted by atomic mass is 15.3. The quantitative estimate of drug-likeness (QED) is 0.687. The SMILES string of the molecule is Cc1ccc(-n2cc(N)cn2)nn1. The van der Waals surface area contributed by atoms with Gasteiger partial charge in [0, 0.05) is 0 Å². The normalized spacial score (nSPS) is 10.2. The number of anilines is 1. The van der Waals surface area contributed by atoms with Crippen molar-refractivity contribution in [1.82, 2.24) is 20.0 Å². The third-order valence-electron chi connectivity index (χ3n) is 1.62. The molecule has 5 heteroatoms. The third-order valence-corrected chi connectivity index (χ3v) is 1.62. The van der Waals surface area contributed by atoms with Crippen molar-refractivity contribution in [1.29, 1.82) is 0 Å². The van der Waals surface area contributed by atoms with Gasteiger partial charge >= 0.3 is 0 Å². The minimum absolute atomic E-state index is 0.613. The first kappa shape index (κ1) is 7.72. The highest BCUT2D eigenvalue weighted by molar-refractivity contribution is 5.34. The molecule has 0 saturated heterocycles. The first-order valence-electron chi connectivity index (χ1n) is 3.86. The van der Waals surface area contributed by atoms with E-state index in [0.29, 0.717) is 11.5 Å². The topological polar surface area (TPSA) is 69.6 Å². The van der Waals surface area contributed by atoms with Crippen molar-refractivity contribution in [3.05, 3.63) is 30.2 Å². The number of rotatable bonds is 1. The number of nitrogen functional groups attached to an aromatic ring is 1. The van der Waals surface area contributed by atoms with Gasteiger partial charge in [0.05, 0.1) is 23.8 Å². The molecule has 0 aromatic carbocycles. The fourth-order valence-electron chi connectivity index (χ4n) is 0.976. The van der Waals surface area contributed by atoms with Crippen LogP contribution in [0.15, 0.2) is 24.5 Å².